The second kappa shape index (κ2) is 8.00. The monoisotopic (exact) mass is 426 g/mol. The molecule has 0 aliphatic carbocycles. The fraction of sp³-hybridized carbons (Fsp3) is 0.227. The van der Waals surface area contributed by atoms with Crippen LogP contribution in [0.15, 0.2) is 64.2 Å². The number of fused-ring (bicyclic) bond motifs is 1. The van der Waals surface area contributed by atoms with E-state index in [9.17, 15) is 13.2 Å². The number of nitrogens with zero attached hydrogens (tertiary/aromatic N) is 1. The number of anilines is 2. The maximum atomic E-state index is 13.1. The number of hydrogen-bond donors (Lipinski definition) is 1. The van der Waals surface area contributed by atoms with E-state index < -0.39 is 10.0 Å². The Balaban J connectivity index is 1.58. The number of carbonyl (C=O) groups excluding carboxylic acids is 1. The van der Waals surface area contributed by atoms with Gasteiger partial charge in [0.05, 0.1) is 12.1 Å². The number of sulfonamides is 1. The van der Waals surface area contributed by atoms with E-state index in [1.165, 1.54) is 15.6 Å². The molecule has 1 amide bonds. The Kier molecular flexibility index (Phi) is 5.43. The second-order valence-electron chi connectivity index (χ2n) is 7.17. The van der Waals surface area contributed by atoms with E-state index in [1.54, 1.807) is 23.6 Å². The molecule has 4 rings (SSSR count). The van der Waals surface area contributed by atoms with Gasteiger partial charge in [0.1, 0.15) is 4.21 Å². The van der Waals surface area contributed by atoms with Crippen LogP contribution >= 0.6 is 11.3 Å². The normalized spacial score (nSPS) is 13.8. The third-order valence-electron chi connectivity index (χ3n) is 4.93. The molecule has 29 heavy (non-hydrogen) atoms. The first-order valence-electron chi connectivity index (χ1n) is 9.48. The third kappa shape index (κ3) is 4.21. The van der Waals surface area contributed by atoms with Crippen molar-refractivity contribution in [2.45, 2.75) is 30.4 Å². The van der Waals surface area contributed by atoms with Gasteiger partial charge in [-0.15, -0.1) is 11.3 Å². The zero-order chi connectivity index (χ0) is 20.4. The Labute approximate surface area is 175 Å². The molecule has 1 aromatic heterocycles. The molecule has 0 saturated heterocycles. The van der Waals surface area contributed by atoms with Crippen molar-refractivity contribution in [2.24, 2.45) is 0 Å². The molecule has 0 unspecified atom stereocenters. The molecule has 0 fully saturated rings. The zero-order valence-corrected chi connectivity index (χ0v) is 17.7. The molecular formula is C22H22N2O3S2. The maximum Gasteiger partial charge on any atom is 0.273 e. The summed E-state index contributed by atoms with van der Waals surface area (Å²) in [6, 6.07) is 16.7. The van der Waals surface area contributed by atoms with Crippen LogP contribution in [0.3, 0.4) is 0 Å². The van der Waals surface area contributed by atoms with Gasteiger partial charge in [0.15, 0.2) is 0 Å². The number of benzene rings is 2. The minimum atomic E-state index is -3.59. The van der Waals surface area contributed by atoms with Crippen molar-refractivity contribution in [1.82, 2.24) is 0 Å². The number of thiophene rings is 1. The van der Waals surface area contributed by atoms with E-state index in [0.717, 1.165) is 29.5 Å². The van der Waals surface area contributed by atoms with Gasteiger partial charge >= 0.3 is 0 Å². The van der Waals surface area contributed by atoms with Gasteiger partial charge in [0.2, 0.25) is 5.91 Å². The summed E-state index contributed by atoms with van der Waals surface area (Å²) < 4.78 is 27.9. The van der Waals surface area contributed by atoms with Crippen LogP contribution in [0.2, 0.25) is 0 Å². The molecule has 1 N–H and O–H groups in total. The first kappa shape index (κ1) is 19.7. The summed E-state index contributed by atoms with van der Waals surface area (Å²) in [6.45, 7) is 2.43. The summed E-state index contributed by atoms with van der Waals surface area (Å²) in [5.41, 5.74) is 4.29. The molecule has 0 saturated carbocycles. The molecule has 5 nitrogen and oxygen atoms in total. The fourth-order valence-corrected chi connectivity index (χ4v) is 6.24. The third-order valence-corrected chi connectivity index (χ3v) is 8.12. The smallest absolute Gasteiger partial charge is 0.273 e. The van der Waals surface area contributed by atoms with Crippen LogP contribution in [-0.2, 0) is 27.7 Å². The first-order valence-corrected chi connectivity index (χ1v) is 11.8. The number of nitrogens with one attached hydrogen (secondary N) is 1. The Bertz CT molecular complexity index is 1140. The predicted octanol–water partition coefficient (Wildman–Crippen LogP) is 4.38. The summed E-state index contributed by atoms with van der Waals surface area (Å²) in [6.07, 6.45) is 1.87. The van der Waals surface area contributed by atoms with Gasteiger partial charge in [-0.2, -0.15) is 0 Å². The van der Waals surface area contributed by atoms with Crippen molar-refractivity contribution in [3.63, 3.8) is 0 Å². The highest BCUT2D eigenvalue weighted by Crippen LogP contribution is 2.35. The van der Waals surface area contributed by atoms with Crippen LogP contribution in [0, 0.1) is 6.92 Å². The summed E-state index contributed by atoms with van der Waals surface area (Å²) in [7, 11) is -3.59. The molecule has 3 aromatic rings. The van der Waals surface area contributed by atoms with Crippen LogP contribution in [0.4, 0.5) is 11.4 Å². The number of rotatable bonds is 5. The molecule has 0 bridgehead atoms. The van der Waals surface area contributed by atoms with Gasteiger partial charge in [-0.05, 0) is 54.5 Å². The summed E-state index contributed by atoms with van der Waals surface area (Å²) in [5, 5.41) is 4.67. The molecule has 150 valence electrons. The van der Waals surface area contributed by atoms with Crippen LogP contribution in [0.1, 0.15) is 23.1 Å². The lowest BCUT2D eigenvalue weighted by Gasteiger charge is -2.30. The van der Waals surface area contributed by atoms with Gasteiger partial charge < -0.3 is 5.32 Å². The predicted molar refractivity (Wildman–Crippen MR) is 117 cm³/mol. The van der Waals surface area contributed by atoms with Gasteiger partial charge in [0.25, 0.3) is 10.0 Å². The van der Waals surface area contributed by atoms with E-state index in [0.29, 0.717) is 22.1 Å². The zero-order valence-electron chi connectivity index (χ0n) is 16.1. The average Bonchev–Trinajstić information content (AvgIpc) is 3.23. The van der Waals surface area contributed by atoms with Crippen molar-refractivity contribution >= 4 is 38.6 Å². The summed E-state index contributed by atoms with van der Waals surface area (Å²) in [4.78, 5) is 12.5. The fourth-order valence-electron chi connectivity index (χ4n) is 3.60. The highest BCUT2D eigenvalue weighted by molar-refractivity contribution is 7.94. The van der Waals surface area contributed by atoms with Crippen LogP contribution in [0.5, 0.6) is 0 Å². The van der Waals surface area contributed by atoms with E-state index in [4.69, 9.17) is 0 Å². The lowest BCUT2D eigenvalue weighted by Crippen LogP contribution is -2.35. The van der Waals surface area contributed by atoms with E-state index >= 15 is 0 Å². The van der Waals surface area contributed by atoms with Crippen molar-refractivity contribution in [3.05, 3.63) is 76.7 Å². The molecule has 0 spiro atoms. The Morgan fingerprint density at radius 2 is 2.00 bits per heavy atom. The van der Waals surface area contributed by atoms with Crippen molar-refractivity contribution in [2.75, 3.05) is 16.2 Å². The number of hydrogen-bond acceptors (Lipinski definition) is 4. The minimum Gasteiger partial charge on any atom is -0.326 e. The Morgan fingerprint density at radius 3 is 2.76 bits per heavy atom. The van der Waals surface area contributed by atoms with Gasteiger partial charge in [-0.3, -0.25) is 9.10 Å². The van der Waals surface area contributed by atoms with Gasteiger partial charge in [-0.1, -0.05) is 42.0 Å². The molecule has 0 atom stereocenters. The number of amides is 1. The molecule has 1 aliphatic rings. The standard InChI is InChI=1S/C22H22N2O3S2/c1-16-5-2-6-17(13-16)14-21(25)23-19-10-9-18-7-3-11-24(20(18)15-19)29(26,27)22-8-4-12-28-22/h2,4-6,8-10,12-13,15H,3,7,11,14H2,1H3,(H,23,25). The first-order chi connectivity index (χ1) is 13.9. The Morgan fingerprint density at radius 1 is 1.14 bits per heavy atom. The SMILES string of the molecule is Cc1cccc(CC(=O)Nc2ccc3c(c2)N(S(=O)(=O)c2cccs2)CCC3)c1. The van der Waals surface area contributed by atoms with Crippen LogP contribution in [0.25, 0.3) is 0 Å². The van der Waals surface area contributed by atoms with Crippen molar-refractivity contribution in [3.8, 4) is 0 Å². The van der Waals surface area contributed by atoms with Gasteiger partial charge in [0, 0.05) is 12.2 Å². The number of carbonyl (C=O) groups is 1. The highest BCUT2D eigenvalue weighted by atomic mass is 32.2. The van der Waals surface area contributed by atoms with E-state index in [2.05, 4.69) is 5.32 Å². The lowest BCUT2D eigenvalue weighted by atomic mass is 10.0. The quantitative estimate of drug-likeness (QED) is 0.658. The molecule has 1 aliphatic heterocycles. The summed E-state index contributed by atoms with van der Waals surface area (Å²) in [5.74, 6) is -0.126. The molecule has 2 aromatic carbocycles. The Hall–Kier alpha value is -2.64. The molecule has 2 heterocycles. The van der Waals surface area contributed by atoms with Crippen molar-refractivity contribution in [1.29, 1.82) is 0 Å². The van der Waals surface area contributed by atoms with Crippen LogP contribution in [-0.4, -0.2) is 20.9 Å². The topological polar surface area (TPSA) is 66.5 Å². The largest absolute Gasteiger partial charge is 0.326 e. The van der Waals surface area contributed by atoms with Gasteiger partial charge in [-0.25, -0.2) is 8.42 Å². The van der Waals surface area contributed by atoms with E-state index in [1.807, 2.05) is 43.3 Å². The summed E-state index contributed by atoms with van der Waals surface area (Å²) >= 11 is 1.22. The number of aryl methyl sites for hydroxylation is 2. The maximum absolute atomic E-state index is 13.1. The van der Waals surface area contributed by atoms with E-state index in [-0.39, 0.29) is 12.3 Å². The average molecular weight is 427 g/mol. The van der Waals surface area contributed by atoms with Crippen LogP contribution < -0.4 is 9.62 Å². The molecule has 0 radical (unpaired) electrons. The minimum absolute atomic E-state index is 0.126. The second-order valence-corrected chi connectivity index (χ2v) is 10.2. The molecular weight excluding hydrogens is 404 g/mol. The lowest BCUT2D eigenvalue weighted by molar-refractivity contribution is -0.115. The van der Waals surface area contributed by atoms with Crippen molar-refractivity contribution < 1.29 is 13.2 Å². The molecule has 7 heteroatoms. The highest BCUT2D eigenvalue weighted by Gasteiger charge is 2.30.